The van der Waals surface area contributed by atoms with Gasteiger partial charge in [0, 0.05) is 14.2 Å². The highest BCUT2D eigenvalue weighted by molar-refractivity contribution is 4.82. The van der Waals surface area contributed by atoms with E-state index in [1.54, 1.807) is 27.2 Å². The molecule has 0 aromatic carbocycles. The Hall–Kier alpha value is -0.420. The predicted octanol–water partition coefficient (Wildman–Crippen LogP) is 0.949. The van der Waals surface area contributed by atoms with Crippen LogP contribution in [-0.4, -0.2) is 44.4 Å². The van der Waals surface area contributed by atoms with E-state index in [9.17, 15) is 5.11 Å². The predicted molar refractivity (Wildman–Crippen MR) is 54.1 cm³/mol. The van der Waals surface area contributed by atoms with Gasteiger partial charge in [0.05, 0.1) is 18.8 Å². The normalized spacial score (nSPS) is 15.5. The fraction of sp³-hybridized carbons (Fsp3) is 0.800. The summed E-state index contributed by atoms with van der Waals surface area (Å²) in [5.74, 6) is 0. The van der Waals surface area contributed by atoms with Crippen LogP contribution < -0.4 is 0 Å². The second-order valence-corrected chi connectivity index (χ2v) is 3.41. The molecule has 0 saturated heterocycles. The Bertz CT molecular complexity index is 152. The Morgan fingerprint density at radius 1 is 1.43 bits per heavy atom. The molecule has 0 aliphatic heterocycles. The van der Waals surface area contributed by atoms with E-state index in [0.717, 1.165) is 0 Å². The molecule has 0 fully saturated rings. The molecule has 0 saturated carbocycles. The van der Waals surface area contributed by atoms with E-state index in [2.05, 4.69) is 6.58 Å². The van der Waals surface area contributed by atoms with Crippen molar-refractivity contribution in [1.29, 1.82) is 0 Å². The van der Waals surface area contributed by atoms with Crippen LogP contribution in [0.5, 0.6) is 0 Å². The molecule has 0 heterocycles. The number of rotatable bonds is 8. The van der Waals surface area contributed by atoms with Gasteiger partial charge in [0.1, 0.15) is 0 Å². The van der Waals surface area contributed by atoms with Gasteiger partial charge in [0.25, 0.3) is 0 Å². The standard InChI is InChI=1S/C10H20O4/c1-5-6-10(2,11)8-14-7-9(12-3)13-4/h5,9,11H,1,6-8H2,2-4H3. The van der Waals surface area contributed by atoms with Crippen LogP contribution in [0.1, 0.15) is 13.3 Å². The maximum Gasteiger partial charge on any atom is 0.180 e. The van der Waals surface area contributed by atoms with Crippen molar-refractivity contribution in [2.45, 2.75) is 25.2 Å². The average molecular weight is 204 g/mol. The molecule has 0 amide bonds. The molecular formula is C10H20O4. The fourth-order valence-electron chi connectivity index (χ4n) is 0.977. The first kappa shape index (κ1) is 13.6. The molecule has 1 atom stereocenters. The Balaban J connectivity index is 3.65. The van der Waals surface area contributed by atoms with Crippen molar-refractivity contribution in [3.05, 3.63) is 12.7 Å². The Morgan fingerprint density at radius 2 is 2.00 bits per heavy atom. The first-order valence-corrected chi connectivity index (χ1v) is 4.52. The van der Waals surface area contributed by atoms with Crippen LogP contribution in [0, 0.1) is 0 Å². The lowest BCUT2D eigenvalue weighted by Crippen LogP contribution is -2.32. The van der Waals surface area contributed by atoms with Gasteiger partial charge in [0.2, 0.25) is 0 Å². The summed E-state index contributed by atoms with van der Waals surface area (Å²) < 4.78 is 15.1. The average Bonchev–Trinajstić information content (AvgIpc) is 2.12. The summed E-state index contributed by atoms with van der Waals surface area (Å²) >= 11 is 0. The largest absolute Gasteiger partial charge is 0.387 e. The maximum atomic E-state index is 9.69. The number of hydrogen-bond acceptors (Lipinski definition) is 4. The topological polar surface area (TPSA) is 47.9 Å². The smallest absolute Gasteiger partial charge is 0.180 e. The molecule has 0 radical (unpaired) electrons. The van der Waals surface area contributed by atoms with Crippen LogP contribution in [0.15, 0.2) is 12.7 Å². The molecular weight excluding hydrogens is 184 g/mol. The van der Waals surface area contributed by atoms with E-state index in [0.29, 0.717) is 13.0 Å². The molecule has 0 bridgehead atoms. The van der Waals surface area contributed by atoms with Crippen molar-refractivity contribution in [3.8, 4) is 0 Å². The van der Waals surface area contributed by atoms with Gasteiger partial charge in [-0.1, -0.05) is 6.08 Å². The van der Waals surface area contributed by atoms with Crippen molar-refractivity contribution in [3.63, 3.8) is 0 Å². The molecule has 0 spiro atoms. The van der Waals surface area contributed by atoms with Gasteiger partial charge in [-0.25, -0.2) is 0 Å². The van der Waals surface area contributed by atoms with E-state index in [-0.39, 0.29) is 12.9 Å². The van der Waals surface area contributed by atoms with Crippen molar-refractivity contribution >= 4 is 0 Å². The summed E-state index contributed by atoms with van der Waals surface area (Å²) in [6, 6.07) is 0. The molecule has 84 valence electrons. The van der Waals surface area contributed by atoms with Crippen LogP contribution in [0.4, 0.5) is 0 Å². The number of methoxy groups -OCH3 is 2. The lowest BCUT2D eigenvalue weighted by atomic mass is 10.0. The van der Waals surface area contributed by atoms with Crippen molar-refractivity contribution < 1.29 is 19.3 Å². The van der Waals surface area contributed by atoms with Gasteiger partial charge in [-0.15, -0.1) is 6.58 Å². The van der Waals surface area contributed by atoms with Gasteiger partial charge in [0.15, 0.2) is 6.29 Å². The minimum atomic E-state index is -0.867. The quantitative estimate of drug-likeness (QED) is 0.472. The minimum absolute atomic E-state index is 0.238. The highest BCUT2D eigenvalue weighted by Crippen LogP contribution is 2.10. The molecule has 14 heavy (non-hydrogen) atoms. The van der Waals surface area contributed by atoms with Crippen molar-refractivity contribution in [2.75, 3.05) is 27.4 Å². The monoisotopic (exact) mass is 204 g/mol. The first-order chi connectivity index (χ1) is 6.55. The minimum Gasteiger partial charge on any atom is -0.387 e. The van der Waals surface area contributed by atoms with Crippen LogP contribution in [-0.2, 0) is 14.2 Å². The molecule has 4 nitrogen and oxygen atoms in total. The maximum absolute atomic E-state index is 9.69. The molecule has 1 N–H and O–H groups in total. The number of aliphatic hydroxyl groups is 1. The number of hydrogen-bond donors (Lipinski definition) is 1. The van der Waals surface area contributed by atoms with E-state index in [4.69, 9.17) is 14.2 Å². The molecule has 4 heteroatoms. The second kappa shape index (κ2) is 6.95. The Morgan fingerprint density at radius 3 is 2.43 bits per heavy atom. The second-order valence-electron chi connectivity index (χ2n) is 3.41. The summed E-state index contributed by atoms with van der Waals surface area (Å²) in [5.41, 5.74) is -0.867. The van der Waals surface area contributed by atoms with Gasteiger partial charge >= 0.3 is 0 Å². The SMILES string of the molecule is C=CCC(C)(O)COCC(OC)OC. The van der Waals surface area contributed by atoms with Crippen molar-refractivity contribution in [2.24, 2.45) is 0 Å². The van der Waals surface area contributed by atoms with Crippen LogP contribution >= 0.6 is 0 Å². The van der Waals surface area contributed by atoms with Crippen LogP contribution in [0.25, 0.3) is 0 Å². The zero-order valence-corrected chi connectivity index (χ0v) is 9.16. The molecule has 0 aliphatic rings. The van der Waals surface area contributed by atoms with Gasteiger partial charge in [-0.3, -0.25) is 0 Å². The van der Waals surface area contributed by atoms with Crippen LogP contribution in [0.3, 0.4) is 0 Å². The first-order valence-electron chi connectivity index (χ1n) is 4.52. The van der Waals surface area contributed by atoms with Crippen molar-refractivity contribution in [1.82, 2.24) is 0 Å². The molecule has 0 aliphatic carbocycles. The summed E-state index contributed by atoms with van der Waals surface area (Å²) in [4.78, 5) is 0. The highest BCUT2D eigenvalue weighted by Gasteiger charge is 2.19. The molecule has 0 aromatic rings. The van der Waals surface area contributed by atoms with Crippen LogP contribution in [0.2, 0.25) is 0 Å². The third-order valence-electron chi connectivity index (χ3n) is 1.78. The zero-order chi connectivity index (χ0) is 11.0. The summed E-state index contributed by atoms with van der Waals surface area (Å²) in [7, 11) is 3.08. The molecule has 0 aromatic heterocycles. The van der Waals surface area contributed by atoms with E-state index in [1.807, 2.05) is 0 Å². The van der Waals surface area contributed by atoms with E-state index >= 15 is 0 Å². The third kappa shape index (κ3) is 6.10. The molecule has 1 unspecified atom stereocenters. The third-order valence-corrected chi connectivity index (χ3v) is 1.78. The highest BCUT2D eigenvalue weighted by atomic mass is 16.7. The lowest BCUT2D eigenvalue weighted by molar-refractivity contribution is -0.153. The Labute approximate surface area is 85.5 Å². The van der Waals surface area contributed by atoms with E-state index in [1.165, 1.54) is 0 Å². The van der Waals surface area contributed by atoms with Gasteiger partial charge in [-0.2, -0.15) is 0 Å². The summed E-state index contributed by atoms with van der Waals surface area (Å²) in [6.07, 6.45) is 1.78. The van der Waals surface area contributed by atoms with Gasteiger partial charge in [-0.05, 0) is 13.3 Å². The van der Waals surface area contributed by atoms with Gasteiger partial charge < -0.3 is 19.3 Å². The number of ether oxygens (including phenoxy) is 3. The summed E-state index contributed by atoms with van der Waals surface area (Å²) in [5, 5.41) is 9.69. The summed E-state index contributed by atoms with van der Waals surface area (Å²) in [6.45, 7) is 5.80. The van der Waals surface area contributed by atoms with E-state index < -0.39 is 5.60 Å². The molecule has 0 rings (SSSR count). The Kier molecular flexibility index (Phi) is 6.74. The fourth-order valence-corrected chi connectivity index (χ4v) is 0.977. The lowest BCUT2D eigenvalue weighted by Gasteiger charge is -2.22. The zero-order valence-electron chi connectivity index (χ0n) is 9.16.